The molecule has 94 valence electrons. The average molecular weight is 290 g/mol. The zero-order chi connectivity index (χ0) is 13.4. The molecule has 0 bridgehead atoms. The van der Waals surface area contributed by atoms with Crippen molar-refractivity contribution in [3.63, 3.8) is 0 Å². The zero-order valence-corrected chi connectivity index (χ0v) is 11.3. The minimum absolute atomic E-state index is 0.450. The van der Waals surface area contributed by atoms with Crippen molar-refractivity contribution in [2.24, 2.45) is 0 Å². The molecule has 0 atom stereocenters. The van der Waals surface area contributed by atoms with Crippen molar-refractivity contribution in [1.82, 2.24) is 9.97 Å². The first-order valence-corrected chi connectivity index (χ1v) is 6.38. The number of nitrogens with zero attached hydrogens (tertiary/aromatic N) is 2. The topological polar surface area (TPSA) is 51.8 Å². The molecule has 1 aromatic carbocycles. The van der Waals surface area contributed by atoms with Gasteiger partial charge in [0.2, 0.25) is 0 Å². The molecule has 5 heteroatoms. The Hall–Kier alpha value is -1.84. The molecule has 0 aliphatic rings. The normalized spacial score (nSPS) is 10.8. The fourth-order valence-corrected chi connectivity index (χ4v) is 2.13. The molecule has 0 amide bonds. The maximum atomic E-state index is 6.01. The van der Waals surface area contributed by atoms with Crippen molar-refractivity contribution >= 4 is 40.1 Å². The molecular formula is C14H9Cl2N3. The molecule has 3 rings (SSSR count). The monoisotopic (exact) mass is 289 g/mol. The van der Waals surface area contributed by atoms with Gasteiger partial charge in [-0.05, 0) is 36.4 Å². The van der Waals surface area contributed by atoms with Crippen LogP contribution in [-0.4, -0.2) is 9.97 Å². The molecule has 3 nitrogen and oxygen atoms in total. The lowest BCUT2D eigenvalue weighted by Crippen LogP contribution is -1.93. The Bertz CT molecular complexity index is 772. The van der Waals surface area contributed by atoms with Crippen molar-refractivity contribution in [3.05, 3.63) is 52.5 Å². The number of halogens is 2. The van der Waals surface area contributed by atoms with Gasteiger partial charge < -0.3 is 5.73 Å². The van der Waals surface area contributed by atoms with E-state index in [0.29, 0.717) is 21.5 Å². The van der Waals surface area contributed by atoms with Crippen LogP contribution in [0.2, 0.25) is 10.0 Å². The third-order valence-electron chi connectivity index (χ3n) is 2.79. The molecule has 0 saturated carbocycles. The van der Waals surface area contributed by atoms with E-state index in [1.165, 1.54) is 0 Å². The standard InChI is InChI=1S/C14H9Cl2N3/c15-10-4-1-9(7-11(10)16)12-5-2-8-3-6-13(17)19-14(8)18-12/h1-7H,(H2,17,18,19). The molecular weight excluding hydrogens is 281 g/mol. The summed E-state index contributed by atoms with van der Waals surface area (Å²) in [6, 6.07) is 12.9. The molecule has 2 aromatic heterocycles. The van der Waals surface area contributed by atoms with Gasteiger partial charge in [-0.25, -0.2) is 9.97 Å². The molecule has 2 N–H and O–H groups in total. The second-order valence-corrected chi connectivity index (χ2v) is 4.92. The van der Waals surface area contributed by atoms with Crippen LogP contribution in [0.4, 0.5) is 5.82 Å². The molecule has 2 heterocycles. The number of benzene rings is 1. The number of anilines is 1. The van der Waals surface area contributed by atoms with Gasteiger partial charge in [-0.15, -0.1) is 0 Å². The van der Waals surface area contributed by atoms with Gasteiger partial charge in [0.25, 0.3) is 0 Å². The van der Waals surface area contributed by atoms with E-state index in [-0.39, 0.29) is 0 Å². The summed E-state index contributed by atoms with van der Waals surface area (Å²) in [5.41, 5.74) is 7.95. The minimum Gasteiger partial charge on any atom is -0.384 e. The summed E-state index contributed by atoms with van der Waals surface area (Å²) < 4.78 is 0. The molecule has 3 aromatic rings. The smallest absolute Gasteiger partial charge is 0.162 e. The summed E-state index contributed by atoms with van der Waals surface area (Å²) in [4.78, 5) is 8.69. The van der Waals surface area contributed by atoms with Crippen LogP contribution in [0, 0.1) is 0 Å². The molecule has 0 saturated heterocycles. The van der Waals surface area contributed by atoms with E-state index >= 15 is 0 Å². The first-order chi connectivity index (χ1) is 9.13. The van der Waals surface area contributed by atoms with Crippen LogP contribution >= 0.6 is 23.2 Å². The lowest BCUT2D eigenvalue weighted by molar-refractivity contribution is 1.29. The number of hydrogen-bond acceptors (Lipinski definition) is 3. The number of fused-ring (bicyclic) bond motifs is 1. The minimum atomic E-state index is 0.450. The molecule has 0 aliphatic heterocycles. The van der Waals surface area contributed by atoms with Crippen LogP contribution in [0.25, 0.3) is 22.3 Å². The lowest BCUT2D eigenvalue weighted by Gasteiger charge is -2.04. The fourth-order valence-electron chi connectivity index (χ4n) is 1.83. The van der Waals surface area contributed by atoms with Gasteiger partial charge >= 0.3 is 0 Å². The van der Waals surface area contributed by atoms with E-state index in [1.54, 1.807) is 18.2 Å². The summed E-state index contributed by atoms with van der Waals surface area (Å²) in [5, 5.41) is 1.97. The van der Waals surface area contributed by atoms with Crippen molar-refractivity contribution < 1.29 is 0 Å². The summed E-state index contributed by atoms with van der Waals surface area (Å²) in [6.45, 7) is 0. The average Bonchev–Trinajstić information content (AvgIpc) is 2.41. The highest BCUT2D eigenvalue weighted by atomic mass is 35.5. The van der Waals surface area contributed by atoms with Crippen molar-refractivity contribution in [1.29, 1.82) is 0 Å². The van der Waals surface area contributed by atoms with E-state index < -0.39 is 0 Å². The Morgan fingerprint density at radius 3 is 2.42 bits per heavy atom. The third kappa shape index (κ3) is 2.35. The Balaban J connectivity index is 2.16. The Morgan fingerprint density at radius 1 is 0.842 bits per heavy atom. The highest BCUT2D eigenvalue weighted by Gasteiger charge is 2.05. The van der Waals surface area contributed by atoms with Crippen molar-refractivity contribution in [2.45, 2.75) is 0 Å². The van der Waals surface area contributed by atoms with E-state index in [0.717, 1.165) is 16.6 Å². The Morgan fingerprint density at radius 2 is 1.63 bits per heavy atom. The van der Waals surface area contributed by atoms with Gasteiger partial charge in [0.15, 0.2) is 5.65 Å². The van der Waals surface area contributed by atoms with Crippen molar-refractivity contribution in [2.75, 3.05) is 5.73 Å². The van der Waals surface area contributed by atoms with Gasteiger partial charge in [0.1, 0.15) is 5.82 Å². The number of nitrogen functional groups attached to an aromatic ring is 1. The number of pyridine rings is 2. The predicted molar refractivity (Wildman–Crippen MR) is 79.4 cm³/mol. The van der Waals surface area contributed by atoms with E-state index in [9.17, 15) is 0 Å². The van der Waals surface area contributed by atoms with E-state index in [2.05, 4.69) is 9.97 Å². The summed E-state index contributed by atoms with van der Waals surface area (Å²) in [6.07, 6.45) is 0. The molecule has 19 heavy (non-hydrogen) atoms. The van der Waals surface area contributed by atoms with Gasteiger partial charge in [-0.2, -0.15) is 0 Å². The van der Waals surface area contributed by atoms with Crippen LogP contribution in [-0.2, 0) is 0 Å². The highest BCUT2D eigenvalue weighted by molar-refractivity contribution is 6.42. The Kier molecular flexibility index (Phi) is 3.01. The largest absolute Gasteiger partial charge is 0.384 e. The summed E-state index contributed by atoms with van der Waals surface area (Å²) in [5.74, 6) is 0.450. The van der Waals surface area contributed by atoms with Crippen LogP contribution < -0.4 is 5.73 Å². The number of nitrogens with two attached hydrogens (primary N) is 1. The first-order valence-electron chi connectivity index (χ1n) is 5.62. The van der Waals surface area contributed by atoms with Crippen LogP contribution in [0.1, 0.15) is 0 Å². The molecule has 0 fully saturated rings. The fraction of sp³-hybridized carbons (Fsp3) is 0. The molecule has 0 radical (unpaired) electrons. The van der Waals surface area contributed by atoms with Gasteiger partial charge in [0.05, 0.1) is 15.7 Å². The number of rotatable bonds is 1. The SMILES string of the molecule is Nc1ccc2ccc(-c3ccc(Cl)c(Cl)c3)nc2n1. The summed E-state index contributed by atoms with van der Waals surface area (Å²) >= 11 is 11.9. The Labute approximate surface area is 120 Å². The van der Waals surface area contributed by atoms with Gasteiger partial charge in [-0.1, -0.05) is 29.3 Å². The maximum absolute atomic E-state index is 6.01. The van der Waals surface area contributed by atoms with E-state index in [4.69, 9.17) is 28.9 Å². The number of aromatic nitrogens is 2. The van der Waals surface area contributed by atoms with Crippen LogP contribution in [0.15, 0.2) is 42.5 Å². The maximum Gasteiger partial charge on any atom is 0.162 e. The second kappa shape index (κ2) is 4.68. The predicted octanol–water partition coefficient (Wildman–Crippen LogP) is 4.19. The second-order valence-electron chi connectivity index (χ2n) is 4.11. The zero-order valence-electron chi connectivity index (χ0n) is 9.77. The quantitative estimate of drug-likeness (QED) is 0.731. The molecule has 0 unspecified atom stereocenters. The molecule has 0 spiro atoms. The van der Waals surface area contributed by atoms with Crippen LogP contribution in [0.5, 0.6) is 0 Å². The first kappa shape index (κ1) is 12.2. The third-order valence-corrected chi connectivity index (χ3v) is 3.53. The van der Waals surface area contributed by atoms with Gasteiger partial charge in [0, 0.05) is 10.9 Å². The summed E-state index contributed by atoms with van der Waals surface area (Å²) in [7, 11) is 0. The number of hydrogen-bond donors (Lipinski definition) is 1. The van der Waals surface area contributed by atoms with Gasteiger partial charge in [-0.3, -0.25) is 0 Å². The van der Waals surface area contributed by atoms with E-state index in [1.807, 2.05) is 24.3 Å². The lowest BCUT2D eigenvalue weighted by atomic mass is 10.1. The van der Waals surface area contributed by atoms with Crippen molar-refractivity contribution in [3.8, 4) is 11.3 Å². The highest BCUT2D eigenvalue weighted by Crippen LogP contribution is 2.28. The van der Waals surface area contributed by atoms with Crippen LogP contribution in [0.3, 0.4) is 0 Å². The molecule has 0 aliphatic carbocycles.